The molecule has 0 saturated carbocycles. The van der Waals surface area contributed by atoms with Crippen molar-refractivity contribution in [1.29, 1.82) is 0 Å². The first-order valence-corrected chi connectivity index (χ1v) is 8.09. The molecule has 1 saturated heterocycles. The highest BCUT2D eigenvalue weighted by Gasteiger charge is 2.29. The topological polar surface area (TPSA) is 15.3 Å². The van der Waals surface area contributed by atoms with Crippen LogP contribution in [-0.4, -0.2) is 30.1 Å². The lowest BCUT2D eigenvalue weighted by atomic mass is 9.97. The van der Waals surface area contributed by atoms with Crippen LogP contribution in [0.4, 0.5) is 0 Å². The molecule has 3 heteroatoms. The van der Waals surface area contributed by atoms with Crippen molar-refractivity contribution < 1.29 is 0 Å². The van der Waals surface area contributed by atoms with Crippen molar-refractivity contribution in [3.63, 3.8) is 0 Å². The first kappa shape index (κ1) is 15.8. The highest BCUT2D eigenvalue weighted by Crippen LogP contribution is 2.26. The lowest BCUT2D eigenvalue weighted by Crippen LogP contribution is -2.56. The molecule has 20 heavy (non-hydrogen) atoms. The predicted octanol–water partition coefficient (Wildman–Crippen LogP) is 4.11. The Morgan fingerprint density at radius 1 is 1.25 bits per heavy atom. The zero-order valence-electron chi connectivity index (χ0n) is 13.1. The first-order valence-electron chi connectivity index (χ1n) is 7.72. The van der Waals surface area contributed by atoms with Gasteiger partial charge < -0.3 is 5.32 Å². The molecule has 3 unspecified atom stereocenters. The van der Waals surface area contributed by atoms with Gasteiger partial charge in [-0.25, -0.2) is 0 Å². The van der Waals surface area contributed by atoms with Crippen molar-refractivity contribution in [3.8, 4) is 0 Å². The zero-order chi connectivity index (χ0) is 14.7. The fraction of sp³-hybridized carbons (Fsp3) is 0.647. The molecule has 1 aliphatic heterocycles. The fourth-order valence-corrected chi connectivity index (χ4v) is 3.28. The highest BCUT2D eigenvalue weighted by molar-refractivity contribution is 6.30. The largest absolute Gasteiger partial charge is 0.311 e. The average Bonchev–Trinajstić information content (AvgIpc) is 2.40. The summed E-state index contributed by atoms with van der Waals surface area (Å²) in [5, 5.41) is 4.49. The molecule has 0 amide bonds. The van der Waals surface area contributed by atoms with Crippen LogP contribution < -0.4 is 5.32 Å². The summed E-state index contributed by atoms with van der Waals surface area (Å²) in [4.78, 5) is 2.62. The number of halogens is 1. The van der Waals surface area contributed by atoms with Gasteiger partial charge in [0, 0.05) is 36.2 Å². The minimum absolute atomic E-state index is 0.444. The lowest BCUT2D eigenvalue weighted by molar-refractivity contribution is 0.0923. The Balaban J connectivity index is 2.06. The Hall–Kier alpha value is -0.570. The Labute approximate surface area is 128 Å². The number of nitrogens with zero attached hydrogens (tertiary/aromatic N) is 1. The maximum atomic E-state index is 5.99. The molecule has 112 valence electrons. The summed E-state index contributed by atoms with van der Waals surface area (Å²) in [7, 11) is 0. The van der Waals surface area contributed by atoms with Crippen LogP contribution in [0.15, 0.2) is 24.3 Å². The van der Waals surface area contributed by atoms with E-state index in [9.17, 15) is 0 Å². The monoisotopic (exact) mass is 294 g/mol. The quantitative estimate of drug-likeness (QED) is 0.899. The van der Waals surface area contributed by atoms with E-state index >= 15 is 0 Å². The summed E-state index contributed by atoms with van der Waals surface area (Å²) in [5.41, 5.74) is 1.35. The lowest BCUT2D eigenvalue weighted by Gasteiger charge is -2.43. The third-order valence-electron chi connectivity index (χ3n) is 4.31. The SMILES string of the molecule is CC(C)CC1CN(C(C)c2ccc(Cl)cc2)C(C)CN1. The number of piperazine rings is 1. The van der Waals surface area contributed by atoms with Crippen molar-refractivity contribution in [3.05, 3.63) is 34.9 Å². The molecule has 1 aromatic carbocycles. The summed E-state index contributed by atoms with van der Waals surface area (Å²) in [6, 6.07) is 9.92. The molecule has 1 N–H and O–H groups in total. The van der Waals surface area contributed by atoms with Gasteiger partial charge in [-0.05, 0) is 43.9 Å². The molecule has 1 heterocycles. The number of hydrogen-bond donors (Lipinski definition) is 1. The Morgan fingerprint density at radius 3 is 2.50 bits per heavy atom. The third kappa shape index (κ3) is 3.97. The van der Waals surface area contributed by atoms with Crippen LogP contribution >= 0.6 is 11.6 Å². The van der Waals surface area contributed by atoms with E-state index in [-0.39, 0.29) is 0 Å². The van der Waals surface area contributed by atoms with E-state index < -0.39 is 0 Å². The number of rotatable bonds is 4. The van der Waals surface area contributed by atoms with Gasteiger partial charge >= 0.3 is 0 Å². The van der Waals surface area contributed by atoms with E-state index in [0.717, 1.165) is 24.0 Å². The molecule has 1 aliphatic rings. The third-order valence-corrected chi connectivity index (χ3v) is 4.56. The molecule has 0 bridgehead atoms. The Bertz CT molecular complexity index is 416. The van der Waals surface area contributed by atoms with E-state index in [1.54, 1.807) is 0 Å². The van der Waals surface area contributed by atoms with E-state index in [1.807, 2.05) is 12.1 Å². The Morgan fingerprint density at radius 2 is 1.90 bits per heavy atom. The van der Waals surface area contributed by atoms with Crippen molar-refractivity contribution in [2.45, 2.75) is 52.2 Å². The van der Waals surface area contributed by atoms with Crippen LogP contribution in [0.3, 0.4) is 0 Å². The van der Waals surface area contributed by atoms with Gasteiger partial charge in [-0.2, -0.15) is 0 Å². The van der Waals surface area contributed by atoms with Crippen LogP contribution in [-0.2, 0) is 0 Å². The van der Waals surface area contributed by atoms with Gasteiger partial charge in [0.05, 0.1) is 0 Å². The van der Waals surface area contributed by atoms with Crippen molar-refractivity contribution >= 4 is 11.6 Å². The zero-order valence-corrected chi connectivity index (χ0v) is 13.8. The average molecular weight is 295 g/mol. The van der Waals surface area contributed by atoms with Crippen LogP contribution in [0, 0.1) is 5.92 Å². The van der Waals surface area contributed by atoms with Gasteiger partial charge in [-0.15, -0.1) is 0 Å². The normalized spacial score (nSPS) is 25.9. The number of benzene rings is 1. The summed E-state index contributed by atoms with van der Waals surface area (Å²) in [5.74, 6) is 0.744. The second kappa shape index (κ2) is 6.93. The molecule has 3 atom stereocenters. The fourth-order valence-electron chi connectivity index (χ4n) is 3.15. The second-order valence-electron chi connectivity index (χ2n) is 6.51. The van der Waals surface area contributed by atoms with Gasteiger partial charge in [-0.1, -0.05) is 37.6 Å². The molecule has 0 aromatic heterocycles. The smallest absolute Gasteiger partial charge is 0.0406 e. The molecule has 2 rings (SSSR count). The summed E-state index contributed by atoms with van der Waals surface area (Å²) < 4.78 is 0. The number of nitrogens with one attached hydrogen (secondary N) is 1. The molecule has 0 aliphatic carbocycles. The molecular formula is C17H27ClN2. The first-order chi connectivity index (χ1) is 9.47. The number of hydrogen-bond acceptors (Lipinski definition) is 2. The van der Waals surface area contributed by atoms with Crippen molar-refractivity contribution in [2.75, 3.05) is 13.1 Å². The van der Waals surface area contributed by atoms with Crippen molar-refractivity contribution in [1.82, 2.24) is 10.2 Å². The molecular weight excluding hydrogens is 268 g/mol. The standard InChI is InChI=1S/C17H27ClN2/c1-12(2)9-17-11-20(13(3)10-19-17)14(4)15-5-7-16(18)8-6-15/h5-8,12-14,17,19H,9-11H2,1-4H3. The van der Waals surface area contributed by atoms with E-state index in [1.165, 1.54) is 12.0 Å². The van der Waals surface area contributed by atoms with E-state index in [4.69, 9.17) is 11.6 Å². The van der Waals surface area contributed by atoms with E-state index in [0.29, 0.717) is 18.1 Å². The van der Waals surface area contributed by atoms with Gasteiger partial charge in [0.25, 0.3) is 0 Å². The van der Waals surface area contributed by atoms with Crippen LogP contribution in [0.25, 0.3) is 0 Å². The summed E-state index contributed by atoms with van der Waals surface area (Å²) in [6.07, 6.45) is 1.25. The molecule has 0 spiro atoms. The minimum Gasteiger partial charge on any atom is -0.311 e. The molecule has 1 aromatic rings. The van der Waals surface area contributed by atoms with Gasteiger partial charge in [0.15, 0.2) is 0 Å². The maximum absolute atomic E-state index is 5.99. The van der Waals surface area contributed by atoms with E-state index in [2.05, 4.69) is 50.0 Å². The van der Waals surface area contributed by atoms with Crippen LogP contribution in [0.5, 0.6) is 0 Å². The molecule has 1 fully saturated rings. The predicted molar refractivity (Wildman–Crippen MR) is 87.3 cm³/mol. The molecule has 0 radical (unpaired) electrons. The van der Waals surface area contributed by atoms with Crippen LogP contribution in [0.1, 0.15) is 45.7 Å². The van der Waals surface area contributed by atoms with Gasteiger partial charge in [0.2, 0.25) is 0 Å². The second-order valence-corrected chi connectivity index (χ2v) is 6.94. The van der Waals surface area contributed by atoms with Crippen LogP contribution in [0.2, 0.25) is 5.02 Å². The van der Waals surface area contributed by atoms with Crippen molar-refractivity contribution in [2.24, 2.45) is 5.92 Å². The maximum Gasteiger partial charge on any atom is 0.0406 e. The van der Waals surface area contributed by atoms with Gasteiger partial charge in [-0.3, -0.25) is 4.90 Å². The highest BCUT2D eigenvalue weighted by atomic mass is 35.5. The minimum atomic E-state index is 0.444. The Kier molecular flexibility index (Phi) is 5.48. The van der Waals surface area contributed by atoms with Gasteiger partial charge in [0.1, 0.15) is 0 Å². The summed E-state index contributed by atoms with van der Waals surface area (Å²) >= 11 is 5.99. The molecule has 2 nitrogen and oxygen atoms in total. The summed E-state index contributed by atoms with van der Waals surface area (Å²) in [6.45, 7) is 11.4.